The van der Waals surface area contributed by atoms with E-state index >= 15 is 0 Å². The van der Waals surface area contributed by atoms with Crippen molar-refractivity contribution >= 4 is 23.2 Å². The summed E-state index contributed by atoms with van der Waals surface area (Å²) in [6.07, 6.45) is 1.78. The topological polar surface area (TPSA) is 80.3 Å². The van der Waals surface area contributed by atoms with E-state index in [-0.39, 0.29) is 17.7 Å². The SMILES string of the molecule is Cc1nc(COc2cccc(C(=O)NNC(=O)C3CC3)c2)cs1. The van der Waals surface area contributed by atoms with Crippen LogP contribution in [0.25, 0.3) is 0 Å². The van der Waals surface area contributed by atoms with Gasteiger partial charge in [0.15, 0.2) is 0 Å². The highest BCUT2D eigenvalue weighted by molar-refractivity contribution is 7.09. The molecule has 0 unspecified atom stereocenters. The molecule has 0 atom stereocenters. The Morgan fingerprint density at radius 2 is 2.17 bits per heavy atom. The van der Waals surface area contributed by atoms with Crippen molar-refractivity contribution in [3.63, 3.8) is 0 Å². The molecule has 1 heterocycles. The first kappa shape index (κ1) is 15.5. The lowest BCUT2D eigenvalue weighted by Gasteiger charge is -2.09. The summed E-state index contributed by atoms with van der Waals surface area (Å²) < 4.78 is 5.65. The zero-order valence-corrected chi connectivity index (χ0v) is 13.5. The van der Waals surface area contributed by atoms with Gasteiger partial charge in [0.2, 0.25) is 5.91 Å². The van der Waals surface area contributed by atoms with Gasteiger partial charge in [-0.25, -0.2) is 4.98 Å². The van der Waals surface area contributed by atoms with Crippen molar-refractivity contribution < 1.29 is 14.3 Å². The molecule has 1 aromatic heterocycles. The number of hydrogen-bond donors (Lipinski definition) is 2. The molecule has 120 valence electrons. The number of hydrazine groups is 1. The van der Waals surface area contributed by atoms with E-state index in [2.05, 4.69) is 15.8 Å². The molecule has 0 aliphatic heterocycles. The maximum absolute atomic E-state index is 12.0. The van der Waals surface area contributed by atoms with Crippen LogP contribution in [-0.2, 0) is 11.4 Å². The minimum atomic E-state index is -0.367. The highest BCUT2D eigenvalue weighted by Gasteiger charge is 2.29. The van der Waals surface area contributed by atoms with Crippen molar-refractivity contribution in [2.24, 2.45) is 5.92 Å². The number of aryl methyl sites for hydroxylation is 1. The molecule has 1 aliphatic carbocycles. The molecule has 2 N–H and O–H groups in total. The normalized spacial score (nSPS) is 13.4. The van der Waals surface area contributed by atoms with Crippen LogP contribution < -0.4 is 15.6 Å². The van der Waals surface area contributed by atoms with Crippen LogP contribution >= 0.6 is 11.3 Å². The third-order valence-corrected chi connectivity index (χ3v) is 4.22. The number of hydrogen-bond acceptors (Lipinski definition) is 5. The number of carbonyl (C=O) groups excluding carboxylic acids is 2. The third kappa shape index (κ3) is 4.29. The quantitative estimate of drug-likeness (QED) is 0.823. The fraction of sp³-hybridized carbons (Fsp3) is 0.312. The van der Waals surface area contributed by atoms with Gasteiger partial charge in [0.1, 0.15) is 12.4 Å². The van der Waals surface area contributed by atoms with Gasteiger partial charge in [0.25, 0.3) is 5.91 Å². The molecule has 2 aromatic rings. The molecule has 1 aromatic carbocycles. The van der Waals surface area contributed by atoms with Crippen molar-refractivity contribution in [3.05, 3.63) is 45.9 Å². The Morgan fingerprint density at radius 3 is 2.87 bits per heavy atom. The maximum Gasteiger partial charge on any atom is 0.269 e. The molecule has 2 amide bonds. The van der Waals surface area contributed by atoms with Crippen LogP contribution in [-0.4, -0.2) is 16.8 Å². The summed E-state index contributed by atoms with van der Waals surface area (Å²) in [5, 5.41) is 2.93. The molecule has 1 aliphatic rings. The summed E-state index contributed by atoms with van der Waals surface area (Å²) >= 11 is 1.57. The fourth-order valence-corrected chi connectivity index (χ4v) is 2.59. The average molecular weight is 331 g/mol. The predicted molar refractivity (Wildman–Crippen MR) is 86.0 cm³/mol. The van der Waals surface area contributed by atoms with Crippen molar-refractivity contribution in [2.45, 2.75) is 26.4 Å². The number of nitrogens with zero attached hydrogens (tertiary/aromatic N) is 1. The van der Waals surface area contributed by atoms with Crippen LogP contribution in [0, 0.1) is 12.8 Å². The van der Waals surface area contributed by atoms with Crippen molar-refractivity contribution in [3.8, 4) is 5.75 Å². The molecule has 0 spiro atoms. The molecule has 7 heteroatoms. The van der Waals surface area contributed by atoms with Crippen LogP contribution in [0.3, 0.4) is 0 Å². The lowest BCUT2D eigenvalue weighted by Crippen LogP contribution is -2.42. The van der Waals surface area contributed by atoms with Crippen LogP contribution in [0.15, 0.2) is 29.6 Å². The largest absolute Gasteiger partial charge is 0.487 e. The number of aromatic nitrogens is 1. The van der Waals surface area contributed by atoms with Gasteiger partial charge in [-0.2, -0.15) is 0 Å². The molecule has 0 bridgehead atoms. The number of nitrogens with one attached hydrogen (secondary N) is 2. The molecule has 1 saturated carbocycles. The van der Waals surface area contributed by atoms with Gasteiger partial charge in [-0.15, -0.1) is 11.3 Å². The second-order valence-corrected chi connectivity index (χ2v) is 6.45. The molecule has 0 saturated heterocycles. The number of rotatable bonds is 5. The zero-order chi connectivity index (χ0) is 16.2. The highest BCUT2D eigenvalue weighted by Crippen LogP contribution is 2.28. The van der Waals surface area contributed by atoms with Gasteiger partial charge in [-0.05, 0) is 38.0 Å². The number of amides is 2. The third-order valence-electron chi connectivity index (χ3n) is 3.40. The predicted octanol–water partition coefficient (Wildman–Crippen LogP) is 2.20. The molecule has 23 heavy (non-hydrogen) atoms. The molecule has 6 nitrogen and oxygen atoms in total. The lowest BCUT2D eigenvalue weighted by molar-refractivity contribution is -0.123. The van der Waals surface area contributed by atoms with Crippen molar-refractivity contribution in [1.82, 2.24) is 15.8 Å². The summed E-state index contributed by atoms with van der Waals surface area (Å²) in [4.78, 5) is 27.9. The minimum Gasteiger partial charge on any atom is -0.487 e. The van der Waals surface area contributed by atoms with E-state index in [1.807, 2.05) is 12.3 Å². The molecular formula is C16H17N3O3S. The van der Waals surface area contributed by atoms with Gasteiger partial charge in [-0.1, -0.05) is 6.07 Å². The lowest BCUT2D eigenvalue weighted by atomic mass is 10.2. The number of benzene rings is 1. The first-order valence-electron chi connectivity index (χ1n) is 7.36. The number of carbonyl (C=O) groups is 2. The number of ether oxygens (including phenoxy) is 1. The van der Waals surface area contributed by atoms with E-state index in [1.165, 1.54) is 0 Å². The van der Waals surface area contributed by atoms with Crippen molar-refractivity contribution in [2.75, 3.05) is 0 Å². The first-order chi connectivity index (χ1) is 11.1. The summed E-state index contributed by atoms with van der Waals surface area (Å²) in [7, 11) is 0. The Hall–Kier alpha value is -2.41. The zero-order valence-electron chi connectivity index (χ0n) is 12.7. The van der Waals surface area contributed by atoms with E-state index in [9.17, 15) is 9.59 Å². The van der Waals surface area contributed by atoms with Gasteiger partial charge < -0.3 is 4.74 Å². The summed E-state index contributed by atoms with van der Waals surface area (Å²) in [5.41, 5.74) is 6.14. The van der Waals surface area contributed by atoms with E-state index in [0.29, 0.717) is 17.9 Å². The van der Waals surface area contributed by atoms with E-state index in [4.69, 9.17) is 4.74 Å². The Labute approximate surface area is 137 Å². The molecule has 1 fully saturated rings. The standard InChI is InChI=1S/C16H17N3O3S/c1-10-17-13(9-23-10)8-22-14-4-2-3-12(7-14)16(21)19-18-15(20)11-5-6-11/h2-4,7,9,11H,5-6,8H2,1H3,(H,18,20)(H,19,21). The first-order valence-corrected chi connectivity index (χ1v) is 8.24. The van der Waals surface area contributed by atoms with Gasteiger partial charge in [0.05, 0.1) is 10.7 Å². The average Bonchev–Trinajstić information content (AvgIpc) is 3.33. The van der Waals surface area contributed by atoms with Crippen LogP contribution in [0.5, 0.6) is 5.75 Å². The maximum atomic E-state index is 12.0. The summed E-state index contributed by atoms with van der Waals surface area (Å²) in [6.45, 7) is 2.29. The molecule has 3 rings (SSSR count). The Balaban J connectivity index is 1.55. The van der Waals surface area contributed by atoms with E-state index in [1.54, 1.807) is 35.6 Å². The Kier molecular flexibility index (Phi) is 4.57. The second kappa shape index (κ2) is 6.78. The van der Waals surface area contributed by atoms with Crippen LogP contribution in [0.4, 0.5) is 0 Å². The van der Waals surface area contributed by atoms with Crippen molar-refractivity contribution in [1.29, 1.82) is 0 Å². The summed E-state index contributed by atoms with van der Waals surface area (Å²) in [5.74, 6) is 0.127. The molecular weight excluding hydrogens is 314 g/mol. The minimum absolute atomic E-state index is 0.0477. The van der Waals surface area contributed by atoms with Gasteiger partial charge in [0, 0.05) is 16.9 Å². The van der Waals surface area contributed by atoms with E-state index < -0.39 is 0 Å². The highest BCUT2D eigenvalue weighted by atomic mass is 32.1. The second-order valence-electron chi connectivity index (χ2n) is 5.39. The monoisotopic (exact) mass is 331 g/mol. The van der Waals surface area contributed by atoms with Crippen LogP contribution in [0.1, 0.15) is 33.9 Å². The Morgan fingerprint density at radius 1 is 1.35 bits per heavy atom. The van der Waals surface area contributed by atoms with Gasteiger partial charge in [-0.3, -0.25) is 20.4 Å². The van der Waals surface area contributed by atoms with Gasteiger partial charge >= 0.3 is 0 Å². The Bertz CT molecular complexity index is 725. The van der Waals surface area contributed by atoms with Crippen LogP contribution in [0.2, 0.25) is 0 Å². The number of thiazole rings is 1. The summed E-state index contributed by atoms with van der Waals surface area (Å²) in [6, 6.07) is 6.81. The molecule has 0 radical (unpaired) electrons. The fourth-order valence-electron chi connectivity index (χ4n) is 2.00. The smallest absolute Gasteiger partial charge is 0.269 e. The van der Waals surface area contributed by atoms with E-state index in [0.717, 1.165) is 23.5 Å².